The third kappa shape index (κ3) is 4.03. The molecule has 0 spiro atoms. The molecule has 1 aliphatic rings. The number of nitrogens with zero attached hydrogens (tertiary/aromatic N) is 3. The molecule has 3 heterocycles. The van der Waals surface area contributed by atoms with Gasteiger partial charge >= 0.3 is 5.97 Å². The van der Waals surface area contributed by atoms with Gasteiger partial charge in [0.1, 0.15) is 5.69 Å². The lowest BCUT2D eigenvalue weighted by atomic mass is 10.1. The predicted molar refractivity (Wildman–Crippen MR) is 88.7 cm³/mol. The molecule has 2 aromatic rings. The fourth-order valence-electron chi connectivity index (χ4n) is 2.85. The Balaban J connectivity index is 1.70. The van der Waals surface area contributed by atoms with Crippen molar-refractivity contribution in [2.75, 3.05) is 20.2 Å². The SMILES string of the molecule is COC(=O)CC1CN(C(=O)c2ccc(-c3cn[nH]c3)cn2)CC(C)O1. The largest absolute Gasteiger partial charge is 0.469 e. The number of ether oxygens (including phenoxy) is 2. The number of esters is 1. The van der Waals surface area contributed by atoms with Crippen molar-refractivity contribution in [1.82, 2.24) is 20.1 Å². The van der Waals surface area contributed by atoms with E-state index in [1.54, 1.807) is 29.6 Å². The maximum atomic E-state index is 12.7. The van der Waals surface area contributed by atoms with Gasteiger partial charge in [-0.05, 0) is 13.0 Å². The molecule has 132 valence electrons. The number of aromatic nitrogens is 3. The Morgan fingerprint density at radius 3 is 2.80 bits per heavy atom. The van der Waals surface area contributed by atoms with Gasteiger partial charge in [-0.3, -0.25) is 19.7 Å². The summed E-state index contributed by atoms with van der Waals surface area (Å²) < 4.78 is 10.4. The highest BCUT2D eigenvalue weighted by atomic mass is 16.5. The maximum absolute atomic E-state index is 12.7. The van der Waals surface area contributed by atoms with Crippen LogP contribution in [0, 0.1) is 0 Å². The Morgan fingerprint density at radius 1 is 1.32 bits per heavy atom. The van der Waals surface area contributed by atoms with Crippen LogP contribution in [0.3, 0.4) is 0 Å². The molecular formula is C17H20N4O4. The summed E-state index contributed by atoms with van der Waals surface area (Å²) in [4.78, 5) is 30.1. The van der Waals surface area contributed by atoms with Gasteiger partial charge < -0.3 is 14.4 Å². The highest BCUT2D eigenvalue weighted by Gasteiger charge is 2.31. The van der Waals surface area contributed by atoms with Crippen LogP contribution in [0.2, 0.25) is 0 Å². The minimum Gasteiger partial charge on any atom is -0.469 e. The summed E-state index contributed by atoms with van der Waals surface area (Å²) in [7, 11) is 1.34. The van der Waals surface area contributed by atoms with Gasteiger partial charge in [0.15, 0.2) is 0 Å². The monoisotopic (exact) mass is 344 g/mol. The van der Waals surface area contributed by atoms with E-state index >= 15 is 0 Å². The molecule has 8 nitrogen and oxygen atoms in total. The molecule has 8 heteroatoms. The third-order valence-electron chi connectivity index (χ3n) is 4.05. The van der Waals surface area contributed by atoms with Crippen molar-refractivity contribution in [1.29, 1.82) is 0 Å². The topological polar surface area (TPSA) is 97.4 Å². The number of H-pyrrole nitrogens is 1. The lowest BCUT2D eigenvalue weighted by Crippen LogP contribution is -2.50. The van der Waals surface area contributed by atoms with Gasteiger partial charge in [-0.25, -0.2) is 0 Å². The van der Waals surface area contributed by atoms with Crippen LogP contribution >= 0.6 is 0 Å². The number of rotatable bonds is 4. The van der Waals surface area contributed by atoms with Crippen LogP contribution in [-0.4, -0.2) is 64.4 Å². The van der Waals surface area contributed by atoms with Crippen LogP contribution in [0.5, 0.6) is 0 Å². The van der Waals surface area contributed by atoms with E-state index in [9.17, 15) is 9.59 Å². The zero-order chi connectivity index (χ0) is 17.8. The Labute approximate surface area is 145 Å². The van der Waals surface area contributed by atoms with Crippen LogP contribution in [0.4, 0.5) is 0 Å². The van der Waals surface area contributed by atoms with E-state index in [0.717, 1.165) is 11.1 Å². The Morgan fingerprint density at radius 2 is 2.16 bits per heavy atom. The maximum Gasteiger partial charge on any atom is 0.308 e. The third-order valence-corrected chi connectivity index (χ3v) is 4.05. The van der Waals surface area contributed by atoms with Gasteiger partial charge in [0, 0.05) is 36.6 Å². The van der Waals surface area contributed by atoms with Gasteiger partial charge in [0.2, 0.25) is 0 Å². The number of hydrogen-bond donors (Lipinski definition) is 1. The minimum atomic E-state index is -0.370. The second-order valence-corrected chi connectivity index (χ2v) is 5.98. The van der Waals surface area contributed by atoms with Gasteiger partial charge in [-0.15, -0.1) is 0 Å². The molecule has 2 unspecified atom stereocenters. The zero-order valence-corrected chi connectivity index (χ0v) is 14.1. The van der Waals surface area contributed by atoms with Crippen molar-refractivity contribution in [3.05, 3.63) is 36.4 Å². The molecule has 1 N–H and O–H groups in total. The lowest BCUT2D eigenvalue weighted by Gasteiger charge is -2.36. The number of methoxy groups -OCH3 is 1. The number of pyridine rings is 1. The van der Waals surface area contributed by atoms with Crippen molar-refractivity contribution < 1.29 is 19.1 Å². The highest BCUT2D eigenvalue weighted by Crippen LogP contribution is 2.19. The molecule has 2 atom stereocenters. The number of morpholine rings is 1. The van der Waals surface area contributed by atoms with Crippen LogP contribution in [0.15, 0.2) is 30.7 Å². The fraction of sp³-hybridized carbons (Fsp3) is 0.412. The minimum absolute atomic E-state index is 0.122. The predicted octanol–water partition coefficient (Wildman–Crippen LogP) is 1.26. The molecule has 1 saturated heterocycles. The highest BCUT2D eigenvalue weighted by molar-refractivity contribution is 5.92. The summed E-state index contributed by atoms with van der Waals surface area (Å²) in [5.74, 6) is -0.530. The van der Waals surface area contributed by atoms with Gasteiger partial charge in [-0.2, -0.15) is 5.10 Å². The average molecular weight is 344 g/mol. The van der Waals surface area contributed by atoms with Crippen molar-refractivity contribution in [3.8, 4) is 11.1 Å². The summed E-state index contributed by atoms with van der Waals surface area (Å²) in [6, 6.07) is 3.53. The summed E-state index contributed by atoms with van der Waals surface area (Å²) in [5, 5.41) is 6.64. The Kier molecular flexibility index (Phi) is 5.08. The van der Waals surface area contributed by atoms with E-state index in [1.807, 2.05) is 13.0 Å². The molecule has 2 aromatic heterocycles. The first-order valence-corrected chi connectivity index (χ1v) is 8.03. The van der Waals surface area contributed by atoms with Gasteiger partial charge in [0.05, 0.1) is 31.9 Å². The molecule has 0 aromatic carbocycles. The number of nitrogens with one attached hydrogen (secondary N) is 1. The van der Waals surface area contributed by atoms with E-state index in [1.165, 1.54) is 7.11 Å². The second-order valence-electron chi connectivity index (χ2n) is 5.98. The molecule has 3 rings (SSSR count). The molecule has 0 radical (unpaired) electrons. The van der Waals surface area contributed by atoms with Crippen molar-refractivity contribution >= 4 is 11.9 Å². The smallest absolute Gasteiger partial charge is 0.308 e. The number of carbonyl (C=O) groups excluding carboxylic acids is 2. The number of carbonyl (C=O) groups is 2. The molecule has 0 aliphatic carbocycles. The molecule has 1 aliphatic heterocycles. The van der Waals surface area contributed by atoms with E-state index in [2.05, 4.69) is 19.9 Å². The molecule has 25 heavy (non-hydrogen) atoms. The van der Waals surface area contributed by atoms with Crippen LogP contribution in [0.1, 0.15) is 23.8 Å². The number of hydrogen-bond acceptors (Lipinski definition) is 6. The number of amides is 1. The summed E-state index contributed by atoms with van der Waals surface area (Å²) in [6.45, 7) is 2.67. The van der Waals surface area contributed by atoms with E-state index < -0.39 is 0 Å². The summed E-state index contributed by atoms with van der Waals surface area (Å²) >= 11 is 0. The molecule has 1 amide bonds. The quantitative estimate of drug-likeness (QED) is 0.839. The number of aromatic amines is 1. The van der Waals surface area contributed by atoms with Crippen LogP contribution in [0.25, 0.3) is 11.1 Å². The van der Waals surface area contributed by atoms with E-state index in [0.29, 0.717) is 18.8 Å². The van der Waals surface area contributed by atoms with Crippen molar-refractivity contribution in [2.45, 2.75) is 25.6 Å². The van der Waals surface area contributed by atoms with Gasteiger partial charge in [0.25, 0.3) is 5.91 Å². The average Bonchev–Trinajstić information content (AvgIpc) is 3.15. The molecular weight excluding hydrogens is 324 g/mol. The first kappa shape index (κ1) is 17.1. The first-order chi connectivity index (χ1) is 12.1. The van der Waals surface area contributed by atoms with Crippen LogP contribution in [-0.2, 0) is 14.3 Å². The van der Waals surface area contributed by atoms with Gasteiger partial charge in [-0.1, -0.05) is 6.07 Å². The fourth-order valence-corrected chi connectivity index (χ4v) is 2.85. The Hall–Kier alpha value is -2.74. The normalized spacial score (nSPS) is 20.3. The van der Waals surface area contributed by atoms with Crippen LogP contribution < -0.4 is 0 Å². The standard InChI is InChI=1S/C17H20N4O4/c1-11-9-21(10-14(25-11)5-16(22)24-2)17(23)15-4-3-12(6-18-15)13-7-19-20-8-13/h3-4,6-8,11,14H,5,9-10H2,1-2H3,(H,19,20). The van der Waals surface area contributed by atoms with Crippen molar-refractivity contribution in [3.63, 3.8) is 0 Å². The molecule has 0 bridgehead atoms. The molecule has 1 fully saturated rings. The van der Waals surface area contributed by atoms with Crippen molar-refractivity contribution in [2.24, 2.45) is 0 Å². The second kappa shape index (κ2) is 7.43. The summed E-state index contributed by atoms with van der Waals surface area (Å²) in [5.41, 5.74) is 2.15. The first-order valence-electron chi connectivity index (χ1n) is 8.03. The van der Waals surface area contributed by atoms with E-state index in [-0.39, 0.29) is 30.5 Å². The molecule has 0 saturated carbocycles. The lowest BCUT2D eigenvalue weighted by molar-refractivity contribution is -0.147. The Bertz CT molecular complexity index is 730. The zero-order valence-electron chi connectivity index (χ0n) is 14.1. The summed E-state index contributed by atoms with van der Waals surface area (Å²) in [6.07, 6.45) is 4.70. The van der Waals surface area contributed by atoms with E-state index in [4.69, 9.17) is 4.74 Å².